The summed E-state index contributed by atoms with van der Waals surface area (Å²) < 4.78 is 38.2. The van der Waals surface area contributed by atoms with E-state index < -0.39 is 21.9 Å². The number of hydrogen-bond donors (Lipinski definition) is 0. The molecule has 0 unspecified atom stereocenters. The molecule has 0 spiro atoms. The van der Waals surface area contributed by atoms with Crippen molar-refractivity contribution in [3.8, 4) is 11.5 Å². The SMILES string of the molecule is CCOc1ccccc1OC(=O)C1CCN(S(=O)(=O)c2c(Cl)cccc2Cl)CC1. The first-order valence-corrected chi connectivity index (χ1v) is 11.4. The summed E-state index contributed by atoms with van der Waals surface area (Å²) in [5.41, 5.74) is 0. The van der Waals surface area contributed by atoms with E-state index in [1.54, 1.807) is 30.3 Å². The van der Waals surface area contributed by atoms with Gasteiger partial charge in [0.25, 0.3) is 0 Å². The van der Waals surface area contributed by atoms with E-state index in [-0.39, 0.29) is 28.0 Å². The molecule has 2 aromatic rings. The van der Waals surface area contributed by atoms with Crippen molar-refractivity contribution in [2.75, 3.05) is 19.7 Å². The van der Waals surface area contributed by atoms with Crippen LogP contribution in [0.4, 0.5) is 0 Å². The van der Waals surface area contributed by atoms with Crippen molar-refractivity contribution in [1.29, 1.82) is 0 Å². The second-order valence-corrected chi connectivity index (χ2v) is 9.22. The van der Waals surface area contributed by atoms with Crippen LogP contribution < -0.4 is 9.47 Å². The Morgan fingerprint density at radius 2 is 1.62 bits per heavy atom. The zero-order valence-electron chi connectivity index (χ0n) is 15.8. The number of nitrogens with zero attached hydrogens (tertiary/aromatic N) is 1. The minimum absolute atomic E-state index is 0.0755. The highest BCUT2D eigenvalue weighted by Crippen LogP contribution is 2.34. The van der Waals surface area contributed by atoms with E-state index in [1.165, 1.54) is 16.4 Å². The van der Waals surface area contributed by atoms with Crippen LogP contribution in [0.2, 0.25) is 10.0 Å². The Balaban J connectivity index is 1.67. The molecule has 0 saturated carbocycles. The van der Waals surface area contributed by atoms with Gasteiger partial charge in [0.15, 0.2) is 11.5 Å². The summed E-state index contributed by atoms with van der Waals surface area (Å²) in [6.07, 6.45) is 0.688. The number of ether oxygens (including phenoxy) is 2. The number of para-hydroxylation sites is 2. The lowest BCUT2D eigenvalue weighted by Gasteiger charge is -2.30. The van der Waals surface area contributed by atoms with E-state index in [4.69, 9.17) is 32.7 Å². The van der Waals surface area contributed by atoms with Crippen LogP contribution in [0.1, 0.15) is 19.8 Å². The quantitative estimate of drug-likeness (QED) is 0.474. The predicted octanol–water partition coefficient (Wildman–Crippen LogP) is 4.40. The van der Waals surface area contributed by atoms with Gasteiger partial charge in [0.2, 0.25) is 10.0 Å². The topological polar surface area (TPSA) is 72.9 Å². The smallest absolute Gasteiger partial charge is 0.314 e. The van der Waals surface area contributed by atoms with E-state index in [1.807, 2.05) is 6.92 Å². The second kappa shape index (κ2) is 9.34. The van der Waals surface area contributed by atoms with Crippen molar-refractivity contribution in [2.24, 2.45) is 5.92 Å². The number of sulfonamides is 1. The lowest BCUT2D eigenvalue weighted by atomic mass is 9.98. The van der Waals surface area contributed by atoms with Gasteiger partial charge in [0, 0.05) is 13.1 Å². The molecule has 2 aromatic carbocycles. The number of carbonyl (C=O) groups is 1. The fraction of sp³-hybridized carbons (Fsp3) is 0.350. The zero-order chi connectivity index (χ0) is 21.0. The van der Waals surface area contributed by atoms with Crippen LogP contribution in [0.5, 0.6) is 11.5 Å². The number of halogens is 2. The van der Waals surface area contributed by atoms with E-state index in [2.05, 4.69) is 0 Å². The third-order valence-electron chi connectivity index (χ3n) is 4.66. The number of piperidine rings is 1. The molecule has 29 heavy (non-hydrogen) atoms. The van der Waals surface area contributed by atoms with Crippen LogP contribution in [0, 0.1) is 5.92 Å². The van der Waals surface area contributed by atoms with Crippen molar-refractivity contribution in [3.63, 3.8) is 0 Å². The molecule has 0 atom stereocenters. The van der Waals surface area contributed by atoms with E-state index in [9.17, 15) is 13.2 Å². The van der Waals surface area contributed by atoms with Gasteiger partial charge in [-0.15, -0.1) is 0 Å². The van der Waals surface area contributed by atoms with Crippen LogP contribution in [-0.4, -0.2) is 38.4 Å². The first-order valence-electron chi connectivity index (χ1n) is 9.22. The third kappa shape index (κ3) is 4.86. The van der Waals surface area contributed by atoms with Gasteiger partial charge in [-0.05, 0) is 44.0 Å². The van der Waals surface area contributed by atoms with Crippen LogP contribution >= 0.6 is 23.2 Å². The average molecular weight is 458 g/mol. The van der Waals surface area contributed by atoms with Gasteiger partial charge in [-0.25, -0.2) is 8.42 Å². The van der Waals surface area contributed by atoms with E-state index >= 15 is 0 Å². The fourth-order valence-electron chi connectivity index (χ4n) is 3.19. The molecule has 0 aromatic heterocycles. The van der Waals surface area contributed by atoms with Gasteiger partial charge in [-0.1, -0.05) is 41.4 Å². The molecular weight excluding hydrogens is 437 g/mol. The largest absolute Gasteiger partial charge is 0.490 e. The van der Waals surface area contributed by atoms with Crippen molar-refractivity contribution in [3.05, 3.63) is 52.5 Å². The molecule has 1 aliphatic heterocycles. The summed E-state index contributed by atoms with van der Waals surface area (Å²) in [4.78, 5) is 12.5. The average Bonchev–Trinajstić information content (AvgIpc) is 2.69. The van der Waals surface area contributed by atoms with Crippen molar-refractivity contribution in [1.82, 2.24) is 4.31 Å². The number of esters is 1. The minimum Gasteiger partial charge on any atom is -0.490 e. The molecular formula is C20H21Cl2NO5S. The Labute approximate surface area is 180 Å². The number of carbonyl (C=O) groups excluding carboxylic acids is 1. The summed E-state index contributed by atoms with van der Waals surface area (Å²) in [7, 11) is -3.85. The molecule has 0 amide bonds. The monoisotopic (exact) mass is 457 g/mol. The van der Waals surface area contributed by atoms with Gasteiger partial charge in [0.1, 0.15) is 4.90 Å². The first kappa shape index (κ1) is 21.9. The van der Waals surface area contributed by atoms with E-state index in [0.29, 0.717) is 30.9 Å². The maximum atomic E-state index is 12.9. The van der Waals surface area contributed by atoms with Crippen LogP contribution in [0.3, 0.4) is 0 Å². The molecule has 156 valence electrons. The van der Waals surface area contributed by atoms with Crippen LogP contribution in [0.15, 0.2) is 47.4 Å². The number of benzene rings is 2. The highest BCUT2D eigenvalue weighted by molar-refractivity contribution is 7.89. The molecule has 1 saturated heterocycles. The number of rotatable bonds is 6. The molecule has 0 radical (unpaired) electrons. The van der Waals surface area contributed by atoms with Crippen molar-refractivity contribution >= 4 is 39.2 Å². The molecule has 9 heteroatoms. The molecule has 0 N–H and O–H groups in total. The predicted molar refractivity (Wildman–Crippen MR) is 111 cm³/mol. The number of hydrogen-bond acceptors (Lipinski definition) is 5. The fourth-order valence-corrected chi connectivity index (χ4v) is 5.75. The van der Waals surface area contributed by atoms with Gasteiger partial charge in [-0.2, -0.15) is 4.31 Å². The summed E-state index contributed by atoms with van der Waals surface area (Å²) in [6.45, 7) is 2.66. The highest BCUT2D eigenvalue weighted by atomic mass is 35.5. The molecule has 1 heterocycles. The Morgan fingerprint density at radius 3 is 2.21 bits per heavy atom. The maximum Gasteiger partial charge on any atom is 0.314 e. The van der Waals surface area contributed by atoms with Gasteiger partial charge in [-0.3, -0.25) is 4.79 Å². The molecule has 0 bridgehead atoms. The maximum absolute atomic E-state index is 12.9. The molecule has 0 aliphatic carbocycles. The third-order valence-corrected chi connectivity index (χ3v) is 7.52. The van der Waals surface area contributed by atoms with Crippen LogP contribution in [-0.2, 0) is 14.8 Å². The Bertz CT molecular complexity index is 968. The molecule has 3 rings (SSSR count). The summed E-state index contributed by atoms with van der Waals surface area (Å²) in [5, 5.41) is 0.151. The molecule has 6 nitrogen and oxygen atoms in total. The molecule has 1 aliphatic rings. The van der Waals surface area contributed by atoms with Gasteiger partial charge < -0.3 is 9.47 Å². The normalized spacial score (nSPS) is 15.8. The summed E-state index contributed by atoms with van der Waals surface area (Å²) >= 11 is 12.1. The lowest BCUT2D eigenvalue weighted by molar-refractivity contribution is -0.140. The van der Waals surface area contributed by atoms with Crippen molar-refractivity contribution < 1.29 is 22.7 Å². The summed E-state index contributed by atoms with van der Waals surface area (Å²) in [6, 6.07) is 11.5. The minimum atomic E-state index is -3.85. The van der Waals surface area contributed by atoms with Gasteiger partial charge in [0.05, 0.1) is 22.6 Å². The highest BCUT2D eigenvalue weighted by Gasteiger charge is 2.35. The Hall–Kier alpha value is -1.80. The Morgan fingerprint density at radius 1 is 1.03 bits per heavy atom. The van der Waals surface area contributed by atoms with E-state index in [0.717, 1.165) is 0 Å². The van der Waals surface area contributed by atoms with Crippen molar-refractivity contribution in [2.45, 2.75) is 24.7 Å². The van der Waals surface area contributed by atoms with Gasteiger partial charge >= 0.3 is 5.97 Å². The Kier molecular flexibility index (Phi) is 7.05. The summed E-state index contributed by atoms with van der Waals surface area (Å²) in [5.74, 6) is 0.0526. The molecule has 1 fully saturated rings. The lowest BCUT2D eigenvalue weighted by Crippen LogP contribution is -2.41. The zero-order valence-corrected chi connectivity index (χ0v) is 18.1. The first-order chi connectivity index (χ1) is 13.8. The standard InChI is InChI=1S/C20H21Cl2NO5S/c1-2-27-17-8-3-4-9-18(17)28-20(24)14-10-12-23(13-11-14)29(25,26)19-15(21)6-5-7-16(19)22/h3-9,14H,2,10-13H2,1H3. The van der Waals surface area contributed by atoms with Crippen LogP contribution in [0.25, 0.3) is 0 Å². The second-order valence-electron chi connectivity index (χ2n) is 6.53.